The van der Waals surface area contributed by atoms with Crippen molar-refractivity contribution in [3.05, 3.63) is 59.2 Å². The summed E-state index contributed by atoms with van der Waals surface area (Å²) in [5.74, 6) is 1.79. The van der Waals surface area contributed by atoms with Gasteiger partial charge in [0.15, 0.2) is 18.1 Å². The lowest BCUT2D eigenvalue weighted by Gasteiger charge is -2.20. The number of likely N-dealkylation sites (N-methyl/N-ethyl adjacent to an activating group) is 1. The lowest BCUT2D eigenvalue weighted by atomic mass is 10.0. The topological polar surface area (TPSA) is 59.6 Å². The summed E-state index contributed by atoms with van der Waals surface area (Å²) >= 11 is 0. The van der Waals surface area contributed by atoms with Crippen LogP contribution in [0.15, 0.2) is 42.5 Å². The van der Waals surface area contributed by atoms with E-state index in [9.17, 15) is 4.79 Å². The van der Waals surface area contributed by atoms with Crippen molar-refractivity contribution in [1.82, 2.24) is 10.6 Å². The van der Waals surface area contributed by atoms with Crippen molar-refractivity contribution in [2.45, 2.75) is 39.3 Å². The summed E-state index contributed by atoms with van der Waals surface area (Å²) in [7, 11) is 1.62. The van der Waals surface area contributed by atoms with Crippen molar-refractivity contribution in [2.75, 3.05) is 20.3 Å². The Morgan fingerprint density at radius 3 is 2.54 bits per heavy atom. The summed E-state index contributed by atoms with van der Waals surface area (Å²) in [5.41, 5.74) is 3.76. The average molecular weight is 383 g/mol. The maximum atomic E-state index is 11.6. The first-order valence-electron chi connectivity index (χ1n) is 9.97. The molecule has 1 fully saturated rings. The van der Waals surface area contributed by atoms with Gasteiger partial charge < -0.3 is 20.1 Å². The number of hydrogen-bond acceptors (Lipinski definition) is 4. The quantitative estimate of drug-likeness (QED) is 0.657. The van der Waals surface area contributed by atoms with Crippen LogP contribution in [-0.4, -0.2) is 26.2 Å². The van der Waals surface area contributed by atoms with Crippen LogP contribution in [-0.2, 0) is 11.3 Å². The molecule has 0 bridgehead atoms. The van der Waals surface area contributed by atoms with Crippen LogP contribution >= 0.6 is 0 Å². The minimum Gasteiger partial charge on any atom is -0.493 e. The van der Waals surface area contributed by atoms with Crippen LogP contribution in [0.4, 0.5) is 0 Å². The van der Waals surface area contributed by atoms with Gasteiger partial charge >= 0.3 is 0 Å². The van der Waals surface area contributed by atoms with Gasteiger partial charge in [-0.1, -0.05) is 35.9 Å². The number of methoxy groups -OCH3 is 1. The molecule has 0 aromatic heterocycles. The molecule has 0 radical (unpaired) electrons. The van der Waals surface area contributed by atoms with Crippen LogP contribution < -0.4 is 20.1 Å². The maximum absolute atomic E-state index is 11.6. The molecule has 5 heteroatoms. The highest BCUT2D eigenvalue weighted by Gasteiger charge is 2.31. The molecule has 0 heterocycles. The second kappa shape index (κ2) is 9.60. The van der Waals surface area contributed by atoms with Crippen LogP contribution in [0.3, 0.4) is 0 Å². The Kier molecular flexibility index (Phi) is 6.93. The standard InChI is InChI=1S/C23H30N2O3/c1-4-24-22(26)15-28-20-12-7-17(13-21(20)27-3)14-25-23(19-10-11-19)18-8-5-16(2)6-9-18/h5-9,12-13,19,23,25H,4,10-11,14-15H2,1-3H3,(H,24,26). The smallest absolute Gasteiger partial charge is 0.257 e. The van der Waals surface area contributed by atoms with E-state index in [0.29, 0.717) is 30.0 Å². The maximum Gasteiger partial charge on any atom is 0.257 e. The molecule has 150 valence electrons. The fourth-order valence-corrected chi connectivity index (χ4v) is 3.32. The monoisotopic (exact) mass is 382 g/mol. The van der Waals surface area contributed by atoms with Crippen LogP contribution in [0, 0.1) is 12.8 Å². The van der Waals surface area contributed by atoms with Gasteiger partial charge in [0.1, 0.15) is 0 Å². The van der Waals surface area contributed by atoms with Crippen molar-refractivity contribution in [3.8, 4) is 11.5 Å². The van der Waals surface area contributed by atoms with E-state index in [1.807, 2.05) is 25.1 Å². The molecule has 0 spiro atoms. The van der Waals surface area contributed by atoms with E-state index in [2.05, 4.69) is 41.8 Å². The molecule has 1 atom stereocenters. The number of ether oxygens (including phenoxy) is 2. The Labute approximate surface area is 167 Å². The highest BCUT2D eigenvalue weighted by molar-refractivity contribution is 5.77. The van der Waals surface area contributed by atoms with Gasteiger partial charge in [-0.05, 0) is 55.9 Å². The summed E-state index contributed by atoms with van der Waals surface area (Å²) in [6.07, 6.45) is 2.56. The Morgan fingerprint density at radius 1 is 1.14 bits per heavy atom. The molecular formula is C23H30N2O3. The number of nitrogens with one attached hydrogen (secondary N) is 2. The number of rotatable bonds is 10. The van der Waals surface area contributed by atoms with E-state index in [0.717, 1.165) is 12.1 Å². The molecule has 1 saturated carbocycles. The predicted octanol–water partition coefficient (Wildman–Crippen LogP) is 3.76. The van der Waals surface area contributed by atoms with Crippen LogP contribution in [0.25, 0.3) is 0 Å². The zero-order chi connectivity index (χ0) is 19.9. The van der Waals surface area contributed by atoms with Gasteiger partial charge in [0.05, 0.1) is 7.11 Å². The fourth-order valence-electron chi connectivity index (χ4n) is 3.32. The van der Waals surface area contributed by atoms with Crippen LogP contribution in [0.2, 0.25) is 0 Å². The lowest BCUT2D eigenvalue weighted by molar-refractivity contribution is -0.123. The summed E-state index contributed by atoms with van der Waals surface area (Å²) in [6.45, 7) is 5.32. The minimum absolute atomic E-state index is 0.0149. The molecule has 2 aromatic rings. The van der Waals surface area contributed by atoms with Crippen molar-refractivity contribution >= 4 is 5.91 Å². The first kappa shape index (κ1) is 20.2. The molecule has 2 aromatic carbocycles. The molecule has 5 nitrogen and oxygen atoms in total. The highest BCUT2D eigenvalue weighted by atomic mass is 16.5. The highest BCUT2D eigenvalue weighted by Crippen LogP contribution is 2.41. The Bertz CT molecular complexity index is 785. The Morgan fingerprint density at radius 2 is 1.89 bits per heavy atom. The molecule has 1 aliphatic carbocycles. The zero-order valence-electron chi connectivity index (χ0n) is 17.0. The molecule has 28 heavy (non-hydrogen) atoms. The first-order chi connectivity index (χ1) is 13.6. The lowest BCUT2D eigenvalue weighted by Crippen LogP contribution is -2.28. The molecule has 1 unspecified atom stereocenters. The van der Waals surface area contributed by atoms with Crippen molar-refractivity contribution < 1.29 is 14.3 Å². The third-order valence-electron chi connectivity index (χ3n) is 5.02. The van der Waals surface area contributed by atoms with E-state index in [1.165, 1.54) is 24.0 Å². The summed E-state index contributed by atoms with van der Waals surface area (Å²) < 4.78 is 11.1. The van der Waals surface area contributed by atoms with Crippen LogP contribution in [0.1, 0.15) is 42.5 Å². The number of carbonyl (C=O) groups is 1. The number of benzene rings is 2. The van der Waals surface area contributed by atoms with Gasteiger partial charge in [0.25, 0.3) is 5.91 Å². The molecule has 1 amide bonds. The normalized spacial score (nSPS) is 14.4. The zero-order valence-corrected chi connectivity index (χ0v) is 17.0. The average Bonchev–Trinajstić information content (AvgIpc) is 3.53. The third-order valence-corrected chi connectivity index (χ3v) is 5.02. The third kappa shape index (κ3) is 5.49. The van der Waals surface area contributed by atoms with Gasteiger partial charge in [-0.25, -0.2) is 0 Å². The number of amides is 1. The second-order valence-electron chi connectivity index (χ2n) is 7.33. The van der Waals surface area contributed by atoms with Gasteiger partial charge in [-0.3, -0.25) is 4.79 Å². The van der Waals surface area contributed by atoms with Crippen molar-refractivity contribution in [2.24, 2.45) is 5.92 Å². The summed E-state index contributed by atoms with van der Waals surface area (Å²) in [5, 5.41) is 6.43. The number of hydrogen-bond donors (Lipinski definition) is 2. The fraction of sp³-hybridized carbons (Fsp3) is 0.435. The summed E-state index contributed by atoms with van der Waals surface area (Å²) in [4.78, 5) is 11.6. The van der Waals surface area contributed by atoms with Crippen molar-refractivity contribution in [3.63, 3.8) is 0 Å². The largest absolute Gasteiger partial charge is 0.493 e. The summed E-state index contributed by atoms with van der Waals surface area (Å²) in [6, 6.07) is 15.0. The van der Waals surface area contributed by atoms with Crippen molar-refractivity contribution in [1.29, 1.82) is 0 Å². The Balaban J connectivity index is 1.63. The molecule has 2 N–H and O–H groups in total. The van der Waals surface area contributed by atoms with E-state index in [-0.39, 0.29) is 12.5 Å². The van der Waals surface area contributed by atoms with Crippen LogP contribution in [0.5, 0.6) is 11.5 Å². The SMILES string of the molecule is CCNC(=O)COc1ccc(CNC(c2ccc(C)cc2)C2CC2)cc1OC. The molecule has 0 aliphatic heterocycles. The van der Waals surface area contributed by atoms with Gasteiger partial charge in [0, 0.05) is 19.1 Å². The molecule has 0 saturated heterocycles. The van der Waals surface area contributed by atoms with Gasteiger partial charge in [-0.2, -0.15) is 0 Å². The second-order valence-corrected chi connectivity index (χ2v) is 7.33. The first-order valence-corrected chi connectivity index (χ1v) is 9.97. The molecule has 1 aliphatic rings. The molecule has 3 rings (SSSR count). The molecular weight excluding hydrogens is 352 g/mol. The number of aryl methyl sites for hydroxylation is 1. The predicted molar refractivity (Wildman–Crippen MR) is 111 cm³/mol. The van der Waals surface area contributed by atoms with E-state index in [1.54, 1.807) is 7.11 Å². The Hall–Kier alpha value is -2.53. The van der Waals surface area contributed by atoms with E-state index < -0.39 is 0 Å². The minimum atomic E-state index is -0.138. The van der Waals surface area contributed by atoms with E-state index >= 15 is 0 Å². The van der Waals surface area contributed by atoms with E-state index in [4.69, 9.17) is 9.47 Å². The van der Waals surface area contributed by atoms with Gasteiger partial charge in [0.2, 0.25) is 0 Å². The number of carbonyl (C=O) groups excluding carboxylic acids is 1. The van der Waals surface area contributed by atoms with Gasteiger partial charge in [-0.15, -0.1) is 0 Å².